The Morgan fingerprint density at radius 1 is 1.12 bits per heavy atom. The van der Waals surface area contributed by atoms with Crippen LogP contribution in [-0.2, 0) is 10.2 Å². The van der Waals surface area contributed by atoms with Crippen LogP contribution >= 0.6 is 23.2 Å². The first kappa shape index (κ1) is 11.7. The highest BCUT2D eigenvalue weighted by atomic mass is 35.5. The van der Waals surface area contributed by atoms with Crippen LogP contribution in [0.4, 0.5) is 0 Å². The van der Waals surface area contributed by atoms with E-state index < -0.39 is 5.41 Å². The average molecular weight is 258 g/mol. The van der Waals surface area contributed by atoms with Gasteiger partial charge in [-0.3, -0.25) is 4.79 Å². The molecule has 86 valence electrons. The molecule has 1 aliphatic rings. The van der Waals surface area contributed by atoms with Crippen LogP contribution in [0.15, 0.2) is 18.2 Å². The van der Waals surface area contributed by atoms with Gasteiger partial charge in [0.25, 0.3) is 0 Å². The Kier molecular flexibility index (Phi) is 3.13. The lowest BCUT2D eigenvalue weighted by Crippen LogP contribution is -2.38. The number of rotatable bonds is 2. The Bertz CT molecular complexity index is 405. The number of carbonyl (C=O) groups excluding carboxylic acids is 1. The fourth-order valence-corrected chi connectivity index (χ4v) is 3.01. The second-order valence-corrected chi connectivity index (χ2v) is 5.18. The molecule has 0 spiro atoms. The summed E-state index contributed by atoms with van der Waals surface area (Å²) >= 11 is 11.9. The number of benzene rings is 1. The lowest BCUT2D eigenvalue weighted by atomic mass is 9.78. The molecule has 0 bridgehead atoms. The molecule has 16 heavy (non-hydrogen) atoms. The molecule has 0 aromatic heterocycles. The Balaban J connectivity index is 2.51. The van der Waals surface area contributed by atoms with Crippen molar-refractivity contribution in [2.75, 3.05) is 0 Å². The van der Waals surface area contributed by atoms with Gasteiger partial charge in [0.2, 0.25) is 5.91 Å². The molecule has 0 heterocycles. The quantitative estimate of drug-likeness (QED) is 0.868. The Hall–Kier alpha value is -0.730. The van der Waals surface area contributed by atoms with Gasteiger partial charge >= 0.3 is 0 Å². The number of nitrogens with two attached hydrogens (primary N) is 1. The fraction of sp³-hybridized carbons (Fsp3) is 0.417. The first-order valence-corrected chi connectivity index (χ1v) is 6.07. The Morgan fingerprint density at radius 2 is 1.62 bits per heavy atom. The number of halogens is 2. The van der Waals surface area contributed by atoms with Crippen molar-refractivity contribution in [3.63, 3.8) is 0 Å². The standard InChI is InChI=1S/C12H13Cl2NO/c13-9-5-8(6-10(14)7-9)12(11(15)16)3-1-2-4-12/h5-7H,1-4H2,(H2,15,16). The molecule has 1 saturated carbocycles. The largest absolute Gasteiger partial charge is 0.369 e. The van der Waals surface area contributed by atoms with E-state index in [1.165, 1.54) is 0 Å². The average Bonchev–Trinajstić information content (AvgIpc) is 2.65. The number of hydrogen-bond acceptors (Lipinski definition) is 1. The molecule has 1 aliphatic carbocycles. The highest BCUT2D eigenvalue weighted by Gasteiger charge is 2.41. The normalized spacial score (nSPS) is 18.6. The third-order valence-corrected chi connectivity index (χ3v) is 3.78. The summed E-state index contributed by atoms with van der Waals surface area (Å²) in [5, 5.41) is 1.10. The lowest BCUT2D eigenvalue weighted by molar-refractivity contribution is -0.123. The van der Waals surface area contributed by atoms with E-state index in [1.807, 2.05) is 0 Å². The van der Waals surface area contributed by atoms with Crippen molar-refractivity contribution in [1.82, 2.24) is 0 Å². The molecule has 4 heteroatoms. The predicted octanol–water partition coefficient (Wildman–Crippen LogP) is 3.29. The molecule has 1 aromatic rings. The van der Waals surface area contributed by atoms with Crippen LogP contribution in [0, 0.1) is 0 Å². The van der Waals surface area contributed by atoms with Crippen molar-refractivity contribution in [2.45, 2.75) is 31.1 Å². The summed E-state index contributed by atoms with van der Waals surface area (Å²) in [7, 11) is 0. The van der Waals surface area contributed by atoms with Crippen LogP contribution in [0.2, 0.25) is 10.0 Å². The van der Waals surface area contributed by atoms with Gasteiger partial charge in [0.1, 0.15) is 0 Å². The second kappa shape index (κ2) is 4.27. The van der Waals surface area contributed by atoms with Gasteiger partial charge < -0.3 is 5.73 Å². The molecule has 1 amide bonds. The molecular weight excluding hydrogens is 245 g/mol. The maximum atomic E-state index is 11.7. The third-order valence-electron chi connectivity index (χ3n) is 3.34. The van der Waals surface area contributed by atoms with E-state index in [0.717, 1.165) is 31.2 Å². The summed E-state index contributed by atoms with van der Waals surface area (Å²) in [4.78, 5) is 11.7. The molecule has 2 nitrogen and oxygen atoms in total. The van der Waals surface area contributed by atoms with E-state index >= 15 is 0 Å². The molecule has 0 saturated heterocycles. The van der Waals surface area contributed by atoms with Gasteiger partial charge in [0.15, 0.2) is 0 Å². The lowest BCUT2D eigenvalue weighted by Gasteiger charge is -2.26. The molecule has 0 unspecified atom stereocenters. The van der Waals surface area contributed by atoms with E-state index in [2.05, 4.69) is 0 Å². The van der Waals surface area contributed by atoms with Gasteiger partial charge in [0.05, 0.1) is 5.41 Å². The molecular formula is C12H13Cl2NO. The summed E-state index contributed by atoms with van der Waals surface area (Å²) < 4.78 is 0. The minimum absolute atomic E-state index is 0.275. The van der Waals surface area contributed by atoms with Crippen LogP contribution in [-0.4, -0.2) is 5.91 Å². The van der Waals surface area contributed by atoms with Crippen molar-refractivity contribution in [3.05, 3.63) is 33.8 Å². The van der Waals surface area contributed by atoms with Gasteiger partial charge in [0, 0.05) is 10.0 Å². The molecule has 1 fully saturated rings. The summed E-state index contributed by atoms with van der Waals surface area (Å²) in [6, 6.07) is 5.25. The van der Waals surface area contributed by atoms with Gasteiger partial charge in [-0.05, 0) is 36.6 Å². The molecule has 2 N–H and O–H groups in total. The smallest absolute Gasteiger partial charge is 0.228 e. The van der Waals surface area contributed by atoms with Crippen molar-refractivity contribution in [3.8, 4) is 0 Å². The predicted molar refractivity (Wildman–Crippen MR) is 65.8 cm³/mol. The minimum atomic E-state index is -0.561. The number of hydrogen-bond donors (Lipinski definition) is 1. The Morgan fingerprint density at radius 3 is 2.06 bits per heavy atom. The molecule has 0 radical (unpaired) electrons. The van der Waals surface area contributed by atoms with Gasteiger partial charge in [-0.1, -0.05) is 36.0 Å². The van der Waals surface area contributed by atoms with E-state index in [9.17, 15) is 4.79 Å². The maximum absolute atomic E-state index is 11.7. The highest BCUT2D eigenvalue weighted by molar-refractivity contribution is 6.34. The van der Waals surface area contributed by atoms with Crippen LogP contribution < -0.4 is 5.73 Å². The van der Waals surface area contributed by atoms with Gasteiger partial charge in [-0.25, -0.2) is 0 Å². The van der Waals surface area contributed by atoms with Gasteiger partial charge in [-0.2, -0.15) is 0 Å². The first-order chi connectivity index (χ1) is 7.54. The fourth-order valence-electron chi connectivity index (χ4n) is 2.49. The van der Waals surface area contributed by atoms with Crippen molar-refractivity contribution < 1.29 is 4.79 Å². The number of primary amides is 1. The second-order valence-electron chi connectivity index (χ2n) is 4.31. The Labute approximate surface area is 105 Å². The van der Waals surface area contributed by atoms with Crippen molar-refractivity contribution in [2.24, 2.45) is 5.73 Å². The molecule has 0 aliphatic heterocycles. The van der Waals surface area contributed by atoms with Crippen LogP contribution in [0.1, 0.15) is 31.2 Å². The van der Waals surface area contributed by atoms with Crippen molar-refractivity contribution in [1.29, 1.82) is 0 Å². The SMILES string of the molecule is NC(=O)C1(c2cc(Cl)cc(Cl)c2)CCCC1. The highest BCUT2D eigenvalue weighted by Crippen LogP contribution is 2.42. The number of carbonyl (C=O) groups is 1. The zero-order valence-corrected chi connectivity index (χ0v) is 10.3. The summed E-state index contributed by atoms with van der Waals surface area (Å²) in [5.41, 5.74) is 5.84. The van der Waals surface area contributed by atoms with Crippen LogP contribution in [0.3, 0.4) is 0 Å². The zero-order valence-electron chi connectivity index (χ0n) is 8.80. The minimum Gasteiger partial charge on any atom is -0.369 e. The van der Waals surface area contributed by atoms with E-state index in [1.54, 1.807) is 18.2 Å². The van der Waals surface area contributed by atoms with E-state index in [-0.39, 0.29) is 5.91 Å². The molecule has 1 aromatic carbocycles. The summed E-state index contributed by atoms with van der Waals surface area (Å²) in [6.07, 6.45) is 3.62. The van der Waals surface area contributed by atoms with E-state index in [0.29, 0.717) is 10.0 Å². The third kappa shape index (κ3) is 1.92. The van der Waals surface area contributed by atoms with Crippen molar-refractivity contribution >= 4 is 29.1 Å². The zero-order chi connectivity index (χ0) is 11.8. The number of amides is 1. The molecule has 0 atom stereocenters. The topological polar surface area (TPSA) is 43.1 Å². The molecule has 2 rings (SSSR count). The summed E-state index contributed by atoms with van der Waals surface area (Å²) in [5.74, 6) is -0.275. The summed E-state index contributed by atoms with van der Waals surface area (Å²) in [6.45, 7) is 0. The van der Waals surface area contributed by atoms with Gasteiger partial charge in [-0.15, -0.1) is 0 Å². The van der Waals surface area contributed by atoms with E-state index in [4.69, 9.17) is 28.9 Å². The maximum Gasteiger partial charge on any atom is 0.228 e. The monoisotopic (exact) mass is 257 g/mol. The first-order valence-electron chi connectivity index (χ1n) is 5.31. The van der Waals surface area contributed by atoms with Crippen LogP contribution in [0.25, 0.3) is 0 Å². The van der Waals surface area contributed by atoms with Crippen LogP contribution in [0.5, 0.6) is 0 Å².